The van der Waals surface area contributed by atoms with E-state index < -0.39 is 5.41 Å². The molecule has 4 heteroatoms. The number of rotatable bonds is 5. The molecule has 0 fully saturated rings. The second kappa shape index (κ2) is 5.61. The van der Waals surface area contributed by atoms with Crippen molar-refractivity contribution in [3.63, 3.8) is 0 Å². The van der Waals surface area contributed by atoms with Gasteiger partial charge in [-0.15, -0.1) is 0 Å². The minimum absolute atomic E-state index is 0.0809. The van der Waals surface area contributed by atoms with Crippen molar-refractivity contribution >= 4 is 5.91 Å². The highest BCUT2D eigenvalue weighted by molar-refractivity contribution is 5.76. The summed E-state index contributed by atoms with van der Waals surface area (Å²) in [6.07, 6.45) is 1.12. The van der Waals surface area contributed by atoms with Gasteiger partial charge in [0.1, 0.15) is 0 Å². The van der Waals surface area contributed by atoms with Gasteiger partial charge in [0.25, 0.3) is 0 Å². The first-order valence-electron chi connectivity index (χ1n) is 4.85. The highest BCUT2D eigenvalue weighted by Crippen LogP contribution is 2.10. The summed E-state index contributed by atoms with van der Waals surface area (Å²) in [5, 5.41) is 11.4. The molecule has 0 radical (unpaired) electrons. The summed E-state index contributed by atoms with van der Waals surface area (Å²) in [6.45, 7) is 5.88. The second-order valence-electron chi connectivity index (χ2n) is 4.14. The van der Waals surface area contributed by atoms with Crippen molar-refractivity contribution in [2.45, 2.75) is 39.7 Å². The van der Waals surface area contributed by atoms with E-state index in [-0.39, 0.29) is 11.9 Å². The predicted octanol–water partition coefficient (Wildman–Crippen LogP) is 0.780. The first kappa shape index (κ1) is 12.9. The third-order valence-corrected chi connectivity index (χ3v) is 2.00. The summed E-state index contributed by atoms with van der Waals surface area (Å²) in [6, 6.07) is 2.03. The third kappa shape index (κ3) is 5.55. The molecule has 14 heavy (non-hydrogen) atoms. The van der Waals surface area contributed by atoms with E-state index >= 15 is 0 Å². The van der Waals surface area contributed by atoms with Gasteiger partial charge in [0.2, 0.25) is 5.91 Å². The Hall–Kier alpha value is -1.08. The molecule has 0 spiro atoms. The van der Waals surface area contributed by atoms with Crippen LogP contribution in [0.3, 0.4) is 0 Å². The van der Waals surface area contributed by atoms with Crippen LogP contribution in [0.2, 0.25) is 0 Å². The van der Waals surface area contributed by atoms with Gasteiger partial charge in [-0.1, -0.05) is 6.92 Å². The van der Waals surface area contributed by atoms with Crippen LogP contribution in [0.5, 0.6) is 0 Å². The third-order valence-electron chi connectivity index (χ3n) is 2.00. The van der Waals surface area contributed by atoms with Crippen molar-refractivity contribution in [1.82, 2.24) is 5.32 Å². The van der Waals surface area contributed by atoms with Crippen molar-refractivity contribution in [3.05, 3.63) is 0 Å². The summed E-state index contributed by atoms with van der Waals surface area (Å²) in [5.41, 5.74) is 5.11. The summed E-state index contributed by atoms with van der Waals surface area (Å²) < 4.78 is 0. The van der Waals surface area contributed by atoms with Crippen LogP contribution in [0.25, 0.3) is 0 Å². The molecule has 0 aromatic heterocycles. The molecule has 0 aliphatic carbocycles. The van der Waals surface area contributed by atoms with E-state index in [1.54, 1.807) is 13.8 Å². The number of amides is 1. The van der Waals surface area contributed by atoms with Gasteiger partial charge in [0.05, 0.1) is 11.5 Å². The van der Waals surface area contributed by atoms with Crippen LogP contribution in [0.15, 0.2) is 0 Å². The lowest BCUT2D eigenvalue weighted by Crippen LogP contribution is -2.36. The molecule has 4 nitrogen and oxygen atoms in total. The predicted molar refractivity (Wildman–Crippen MR) is 55.3 cm³/mol. The molecule has 0 aliphatic rings. The summed E-state index contributed by atoms with van der Waals surface area (Å²) in [5.74, 6) is -0.0809. The number of hydrogen-bond acceptors (Lipinski definition) is 3. The molecular weight excluding hydrogens is 178 g/mol. The Labute approximate surface area is 85.5 Å². The largest absolute Gasteiger partial charge is 0.354 e. The van der Waals surface area contributed by atoms with E-state index in [1.165, 1.54) is 0 Å². The van der Waals surface area contributed by atoms with Crippen molar-refractivity contribution < 1.29 is 4.79 Å². The number of nitrogens with two attached hydrogens (primary N) is 1. The molecule has 1 amide bonds. The van der Waals surface area contributed by atoms with Crippen LogP contribution in [0.1, 0.15) is 33.6 Å². The minimum Gasteiger partial charge on any atom is -0.354 e. The van der Waals surface area contributed by atoms with Gasteiger partial charge in [0.15, 0.2) is 0 Å². The van der Waals surface area contributed by atoms with Gasteiger partial charge in [-0.2, -0.15) is 5.26 Å². The zero-order valence-electron chi connectivity index (χ0n) is 9.13. The molecule has 1 atom stereocenters. The van der Waals surface area contributed by atoms with Crippen LogP contribution < -0.4 is 11.1 Å². The van der Waals surface area contributed by atoms with Gasteiger partial charge < -0.3 is 11.1 Å². The van der Waals surface area contributed by atoms with E-state index in [2.05, 4.69) is 11.4 Å². The molecule has 3 N–H and O–H groups in total. The quantitative estimate of drug-likeness (QED) is 0.683. The summed E-state index contributed by atoms with van der Waals surface area (Å²) in [7, 11) is 0. The normalized spacial score (nSPS) is 13.1. The molecule has 0 aliphatic heterocycles. The van der Waals surface area contributed by atoms with Gasteiger partial charge in [-0.05, 0) is 20.3 Å². The zero-order valence-corrected chi connectivity index (χ0v) is 9.13. The van der Waals surface area contributed by atoms with E-state index in [9.17, 15) is 4.79 Å². The van der Waals surface area contributed by atoms with Crippen molar-refractivity contribution in [1.29, 1.82) is 5.26 Å². The smallest absolute Gasteiger partial charge is 0.221 e. The van der Waals surface area contributed by atoms with E-state index in [4.69, 9.17) is 11.0 Å². The lowest BCUT2D eigenvalue weighted by Gasteiger charge is -2.16. The summed E-state index contributed by atoms with van der Waals surface area (Å²) in [4.78, 5) is 11.3. The fourth-order valence-electron chi connectivity index (χ4n) is 0.814. The molecule has 0 bridgehead atoms. The Morgan fingerprint density at radius 3 is 2.64 bits per heavy atom. The minimum atomic E-state index is -0.508. The average molecular weight is 197 g/mol. The highest BCUT2D eigenvalue weighted by atomic mass is 16.1. The van der Waals surface area contributed by atoms with E-state index in [0.717, 1.165) is 6.42 Å². The van der Waals surface area contributed by atoms with Crippen LogP contribution in [-0.4, -0.2) is 18.5 Å². The standard InChI is InChI=1S/C10H19N3O/c1-4-8(12)5-9(14)13-7-10(2,3)6-11/h8H,4-5,7,12H2,1-3H3,(H,13,14). The lowest BCUT2D eigenvalue weighted by molar-refractivity contribution is -0.121. The van der Waals surface area contributed by atoms with Crippen LogP contribution in [-0.2, 0) is 4.79 Å². The Morgan fingerprint density at radius 1 is 1.64 bits per heavy atom. The number of carbonyl (C=O) groups is 1. The van der Waals surface area contributed by atoms with E-state index in [0.29, 0.717) is 13.0 Å². The number of nitrogens with one attached hydrogen (secondary N) is 1. The van der Waals surface area contributed by atoms with Gasteiger partial charge in [-0.25, -0.2) is 0 Å². The second-order valence-corrected chi connectivity index (χ2v) is 4.14. The monoisotopic (exact) mass is 197 g/mol. The zero-order chi connectivity index (χ0) is 11.2. The topological polar surface area (TPSA) is 78.9 Å². The number of hydrogen-bond donors (Lipinski definition) is 2. The maximum absolute atomic E-state index is 11.3. The fraction of sp³-hybridized carbons (Fsp3) is 0.800. The molecule has 0 saturated heterocycles. The Balaban J connectivity index is 3.82. The molecule has 0 rings (SSSR count). The Bertz CT molecular complexity index is 230. The van der Waals surface area contributed by atoms with Gasteiger partial charge in [0, 0.05) is 19.0 Å². The van der Waals surface area contributed by atoms with Crippen molar-refractivity contribution in [2.75, 3.05) is 6.54 Å². The SMILES string of the molecule is CCC(N)CC(=O)NCC(C)(C)C#N. The Kier molecular flexibility index (Phi) is 5.18. The summed E-state index contributed by atoms with van der Waals surface area (Å²) >= 11 is 0. The average Bonchev–Trinajstić information content (AvgIpc) is 2.15. The molecule has 1 unspecified atom stereocenters. The van der Waals surface area contributed by atoms with Crippen LogP contribution in [0, 0.1) is 16.7 Å². The molecule has 0 heterocycles. The van der Waals surface area contributed by atoms with Gasteiger partial charge >= 0.3 is 0 Å². The number of nitriles is 1. The van der Waals surface area contributed by atoms with Gasteiger partial charge in [-0.3, -0.25) is 4.79 Å². The van der Waals surface area contributed by atoms with E-state index in [1.807, 2.05) is 6.92 Å². The van der Waals surface area contributed by atoms with Crippen LogP contribution in [0.4, 0.5) is 0 Å². The first-order chi connectivity index (χ1) is 6.41. The van der Waals surface area contributed by atoms with Crippen molar-refractivity contribution in [3.8, 4) is 6.07 Å². The van der Waals surface area contributed by atoms with Crippen molar-refractivity contribution in [2.24, 2.45) is 11.1 Å². The fourth-order valence-corrected chi connectivity index (χ4v) is 0.814. The lowest BCUT2D eigenvalue weighted by atomic mass is 9.96. The highest BCUT2D eigenvalue weighted by Gasteiger charge is 2.18. The first-order valence-corrected chi connectivity index (χ1v) is 4.85. The molecular formula is C10H19N3O. The number of nitrogens with zero attached hydrogens (tertiary/aromatic N) is 1. The maximum atomic E-state index is 11.3. The number of carbonyl (C=O) groups excluding carboxylic acids is 1. The maximum Gasteiger partial charge on any atom is 0.221 e. The molecule has 0 aromatic rings. The van der Waals surface area contributed by atoms with Crippen LogP contribution >= 0.6 is 0 Å². The Morgan fingerprint density at radius 2 is 2.21 bits per heavy atom. The molecule has 80 valence electrons. The molecule has 0 saturated carbocycles. The molecule has 0 aromatic carbocycles.